The van der Waals surface area contributed by atoms with Crippen LogP contribution < -0.4 is 10.6 Å². The van der Waals surface area contributed by atoms with Gasteiger partial charge in [0.05, 0.1) is 11.5 Å². The zero-order chi connectivity index (χ0) is 15.2. The lowest BCUT2D eigenvalue weighted by Gasteiger charge is -2.08. The third-order valence-electron chi connectivity index (χ3n) is 2.92. The fourth-order valence-corrected chi connectivity index (χ4v) is 1.83. The number of hydrogen-bond donors (Lipinski definition) is 2. The molecule has 0 atom stereocenters. The molecule has 0 aliphatic rings. The highest BCUT2D eigenvalue weighted by Gasteiger charge is 2.12. The molecule has 0 spiro atoms. The van der Waals surface area contributed by atoms with Gasteiger partial charge in [-0.1, -0.05) is 24.3 Å². The molecule has 0 fully saturated rings. The molecule has 21 heavy (non-hydrogen) atoms. The third kappa shape index (κ3) is 4.04. The van der Waals surface area contributed by atoms with Crippen molar-refractivity contribution in [2.45, 2.75) is 6.92 Å². The Morgan fingerprint density at radius 1 is 1.14 bits per heavy atom. The minimum absolute atomic E-state index is 0.0104. The molecule has 0 saturated heterocycles. The minimum Gasteiger partial charge on any atom is -0.376 e. The highest BCUT2D eigenvalue weighted by Crippen LogP contribution is 2.22. The van der Waals surface area contributed by atoms with E-state index in [0.717, 1.165) is 5.69 Å². The Morgan fingerprint density at radius 3 is 2.52 bits per heavy atom. The number of amides is 1. The SMILES string of the molecule is Cc1ccc(NC(=O)CNc2ccccc2)cc1[N+](=O)[O-]. The number of aryl methyl sites for hydroxylation is 1. The van der Waals surface area contributed by atoms with Crippen molar-refractivity contribution >= 4 is 23.0 Å². The van der Waals surface area contributed by atoms with Crippen molar-refractivity contribution in [3.05, 3.63) is 64.2 Å². The topological polar surface area (TPSA) is 84.3 Å². The lowest BCUT2D eigenvalue weighted by molar-refractivity contribution is -0.385. The van der Waals surface area contributed by atoms with E-state index in [-0.39, 0.29) is 18.1 Å². The molecule has 2 rings (SSSR count). The van der Waals surface area contributed by atoms with Crippen LogP contribution >= 0.6 is 0 Å². The van der Waals surface area contributed by atoms with Crippen molar-refractivity contribution in [2.24, 2.45) is 0 Å². The molecule has 1 amide bonds. The van der Waals surface area contributed by atoms with Crippen molar-refractivity contribution in [3.63, 3.8) is 0 Å². The van der Waals surface area contributed by atoms with E-state index in [2.05, 4.69) is 10.6 Å². The fraction of sp³-hybridized carbons (Fsp3) is 0.133. The predicted octanol–water partition coefficient (Wildman–Crippen LogP) is 2.95. The summed E-state index contributed by atoms with van der Waals surface area (Å²) in [7, 11) is 0. The number of carbonyl (C=O) groups is 1. The second-order valence-corrected chi connectivity index (χ2v) is 4.53. The average molecular weight is 285 g/mol. The van der Waals surface area contributed by atoms with Gasteiger partial charge in [0.1, 0.15) is 0 Å². The third-order valence-corrected chi connectivity index (χ3v) is 2.92. The quantitative estimate of drug-likeness (QED) is 0.653. The van der Waals surface area contributed by atoms with Crippen LogP contribution in [0.15, 0.2) is 48.5 Å². The van der Waals surface area contributed by atoms with Crippen LogP contribution in [0.2, 0.25) is 0 Å². The maximum atomic E-state index is 11.8. The van der Waals surface area contributed by atoms with Gasteiger partial charge in [-0.25, -0.2) is 0 Å². The van der Waals surface area contributed by atoms with E-state index < -0.39 is 4.92 Å². The summed E-state index contributed by atoms with van der Waals surface area (Å²) >= 11 is 0. The number of carbonyl (C=O) groups excluding carboxylic acids is 1. The summed E-state index contributed by atoms with van der Waals surface area (Å²) in [4.78, 5) is 22.2. The summed E-state index contributed by atoms with van der Waals surface area (Å²) < 4.78 is 0. The number of nitro groups is 1. The smallest absolute Gasteiger partial charge is 0.274 e. The van der Waals surface area contributed by atoms with E-state index in [1.807, 2.05) is 30.3 Å². The molecule has 0 unspecified atom stereocenters. The molecule has 0 aliphatic carbocycles. The van der Waals surface area contributed by atoms with E-state index in [1.54, 1.807) is 19.1 Å². The first kappa shape index (κ1) is 14.5. The summed E-state index contributed by atoms with van der Waals surface area (Å²) in [6, 6.07) is 13.9. The molecule has 2 N–H and O–H groups in total. The Bertz CT molecular complexity index is 656. The summed E-state index contributed by atoms with van der Waals surface area (Å²) in [5, 5.41) is 16.4. The Kier molecular flexibility index (Phi) is 4.50. The Hall–Kier alpha value is -2.89. The van der Waals surface area contributed by atoms with Crippen molar-refractivity contribution in [1.29, 1.82) is 0 Å². The van der Waals surface area contributed by atoms with Crippen LogP contribution in [0.3, 0.4) is 0 Å². The van der Waals surface area contributed by atoms with Gasteiger partial charge in [0.2, 0.25) is 5.91 Å². The first-order valence-corrected chi connectivity index (χ1v) is 6.40. The first-order valence-electron chi connectivity index (χ1n) is 6.40. The van der Waals surface area contributed by atoms with Gasteiger partial charge in [0, 0.05) is 23.0 Å². The van der Waals surface area contributed by atoms with E-state index in [4.69, 9.17) is 0 Å². The van der Waals surface area contributed by atoms with E-state index >= 15 is 0 Å². The molecule has 2 aromatic carbocycles. The first-order chi connectivity index (χ1) is 10.1. The molecule has 6 heteroatoms. The number of benzene rings is 2. The molecule has 0 bridgehead atoms. The number of nitrogens with zero attached hydrogens (tertiary/aromatic N) is 1. The van der Waals surface area contributed by atoms with Crippen LogP contribution in [0, 0.1) is 17.0 Å². The van der Waals surface area contributed by atoms with Gasteiger partial charge in [-0.3, -0.25) is 14.9 Å². The molecular formula is C15H15N3O3. The maximum Gasteiger partial charge on any atom is 0.274 e. The number of hydrogen-bond acceptors (Lipinski definition) is 4. The van der Waals surface area contributed by atoms with Gasteiger partial charge in [-0.2, -0.15) is 0 Å². The predicted molar refractivity (Wildman–Crippen MR) is 81.4 cm³/mol. The monoisotopic (exact) mass is 285 g/mol. The number of para-hydroxylation sites is 1. The average Bonchev–Trinajstić information content (AvgIpc) is 2.48. The Labute approximate surface area is 121 Å². The van der Waals surface area contributed by atoms with Crippen LogP contribution in [-0.4, -0.2) is 17.4 Å². The fourth-order valence-electron chi connectivity index (χ4n) is 1.83. The minimum atomic E-state index is -0.465. The van der Waals surface area contributed by atoms with Gasteiger partial charge in [0.15, 0.2) is 0 Å². The van der Waals surface area contributed by atoms with E-state index in [1.165, 1.54) is 6.07 Å². The molecule has 108 valence electrons. The maximum absolute atomic E-state index is 11.8. The number of nitro benzene ring substituents is 1. The van der Waals surface area contributed by atoms with E-state index in [0.29, 0.717) is 11.3 Å². The summed E-state index contributed by atoms with van der Waals surface area (Å²) in [5.74, 6) is -0.267. The molecular weight excluding hydrogens is 270 g/mol. The number of rotatable bonds is 5. The van der Waals surface area contributed by atoms with Crippen LogP contribution in [0.1, 0.15) is 5.56 Å². The van der Waals surface area contributed by atoms with Crippen LogP contribution in [0.4, 0.5) is 17.1 Å². The lowest BCUT2D eigenvalue weighted by atomic mass is 10.2. The van der Waals surface area contributed by atoms with Crippen LogP contribution in [0.25, 0.3) is 0 Å². The van der Waals surface area contributed by atoms with Crippen molar-refractivity contribution < 1.29 is 9.72 Å². The normalized spacial score (nSPS) is 9.95. The molecule has 0 radical (unpaired) electrons. The second-order valence-electron chi connectivity index (χ2n) is 4.53. The molecule has 0 heterocycles. The lowest BCUT2D eigenvalue weighted by Crippen LogP contribution is -2.21. The molecule has 6 nitrogen and oxygen atoms in total. The molecule has 0 aromatic heterocycles. The molecule has 2 aromatic rings. The highest BCUT2D eigenvalue weighted by atomic mass is 16.6. The standard InChI is InChI=1S/C15H15N3O3/c1-11-7-8-13(9-14(11)18(20)21)17-15(19)10-16-12-5-3-2-4-6-12/h2-9,16H,10H2,1H3,(H,17,19). The van der Waals surface area contributed by atoms with Gasteiger partial charge in [0.25, 0.3) is 5.69 Å². The van der Waals surface area contributed by atoms with Gasteiger partial charge < -0.3 is 10.6 Å². The van der Waals surface area contributed by atoms with Gasteiger partial charge in [-0.15, -0.1) is 0 Å². The summed E-state index contributed by atoms with van der Waals surface area (Å²) in [6.07, 6.45) is 0. The van der Waals surface area contributed by atoms with Crippen molar-refractivity contribution in [3.8, 4) is 0 Å². The van der Waals surface area contributed by atoms with Crippen LogP contribution in [0.5, 0.6) is 0 Å². The van der Waals surface area contributed by atoms with Gasteiger partial charge in [-0.05, 0) is 25.1 Å². The zero-order valence-electron chi connectivity index (χ0n) is 11.5. The number of anilines is 2. The Morgan fingerprint density at radius 2 is 1.86 bits per heavy atom. The highest BCUT2D eigenvalue weighted by molar-refractivity contribution is 5.94. The summed E-state index contributed by atoms with van der Waals surface area (Å²) in [6.45, 7) is 1.74. The van der Waals surface area contributed by atoms with Crippen LogP contribution in [-0.2, 0) is 4.79 Å². The van der Waals surface area contributed by atoms with Gasteiger partial charge >= 0.3 is 0 Å². The second kappa shape index (κ2) is 6.51. The van der Waals surface area contributed by atoms with Crippen molar-refractivity contribution in [1.82, 2.24) is 0 Å². The Balaban J connectivity index is 1.97. The van der Waals surface area contributed by atoms with Crippen molar-refractivity contribution in [2.75, 3.05) is 17.2 Å². The molecule has 0 saturated carbocycles. The molecule has 0 aliphatic heterocycles. The number of nitrogens with one attached hydrogen (secondary N) is 2. The summed E-state index contributed by atoms with van der Waals surface area (Å²) in [5.41, 5.74) is 1.79. The largest absolute Gasteiger partial charge is 0.376 e. The zero-order valence-corrected chi connectivity index (χ0v) is 11.5. The van der Waals surface area contributed by atoms with E-state index in [9.17, 15) is 14.9 Å².